The molecule has 2 rings (SSSR count). The number of carbonyl (C=O) groups is 1. The molecule has 1 aromatic carbocycles. The van der Waals surface area contributed by atoms with Gasteiger partial charge in [0, 0.05) is 24.1 Å². The number of ether oxygens (including phenoxy) is 1. The lowest BCUT2D eigenvalue weighted by Crippen LogP contribution is -2.21. The minimum absolute atomic E-state index is 0.0621. The summed E-state index contributed by atoms with van der Waals surface area (Å²) in [5.41, 5.74) is 4.97. The highest BCUT2D eigenvalue weighted by molar-refractivity contribution is 6.05. The largest absolute Gasteiger partial charge is 0.469 e. The van der Waals surface area contributed by atoms with E-state index >= 15 is 0 Å². The first-order valence-corrected chi connectivity index (χ1v) is 7.82. The molecule has 1 aromatic rings. The molecular weight excluding hydrogens is 274 g/mol. The Morgan fingerprint density at radius 3 is 2.68 bits per heavy atom. The van der Waals surface area contributed by atoms with Crippen LogP contribution in [0.5, 0.6) is 0 Å². The Hall–Kier alpha value is -1.90. The second-order valence-electron chi connectivity index (χ2n) is 6.67. The van der Waals surface area contributed by atoms with Gasteiger partial charge in [0.2, 0.25) is 0 Å². The van der Waals surface area contributed by atoms with Gasteiger partial charge in [-0.1, -0.05) is 45.0 Å². The molecule has 0 saturated carbocycles. The summed E-state index contributed by atoms with van der Waals surface area (Å²) in [6.45, 7) is 7.40. The van der Waals surface area contributed by atoms with Crippen molar-refractivity contribution in [2.24, 2.45) is 10.4 Å². The van der Waals surface area contributed by atoms with Crippen LogP contribution in [0.4, 0.5) is 0 Å². The molecule has 0 amide bonds. The van der Waals surface area contributed by atoms with E-state index in [4.69, 9.17) is 4.74 Å². The highest BCUT2D eigenvalue weighted by atomic mass is 16.5. The van der Waals surface area contributed by atoms with Crippen LogP contribution in [0.3, 0.4) is 0 Å². The van der Waals surface area contributed by atoms with E-state index in [-0.39, 0.29) is 11.4 Å². The van der Waals surface area contributed by atoms with Crippen molar-refractivity contribution >= 4 is 17.3 Å². The van der Waals surface area contributed by atoms with Crippen molar-refractivity contribution in [1.29, 1.82) is 0 Å². The van der Waals surface area contributed by atoms with Crippen molar-refractivity contribution in [2.45, 2.75) is 40.0 Å². The average molecular weight is 299 g/mol. The van der Waals surface area contributed by atoms with Crippen LogP contribution < -0.4 is 0 Å². The van der Waals surface area contributed by atoms with E-state index in [1.54, 1.807) is 0 Å². The molecule has 0 bridgehead atoms. The summed E-state index contributed by atoms with van der Waals surface area (Å²) in [4.78, 5) is 16.1. The molecule has 3 nitrogen and oxygen atoms in total. The lowest BCUT2D eigenvalue weighted by Gasteiger charge is -2.24. The maximum absolute atomic E-state index is 11.4. The summed E-state index contributed by atoms with van der Waals surface area (Å²) in [5.74, 6) is -0.163. The molecule has 0 N–H and O–H groups in total. The summed E-state index contributed by atoms with van der Waals surface area (Å²) < 4.78 is 4.75. The number of benzene rings is 1. The van der Waals surface area contributed by atoms with Gasteiger partial charge in [-0.15, -0.1) is 0 Å². The van der Waals surface area contributed by atoms with Crippen molar-refractivity contribution < 1.29 is 9.53 Å². The molecule has 0 aromatic heterocycles. The predicted molar refractivity (Wildman–Crippen MR) is 91.1 cm³/mol. The lowest BCUT2D eigenvalue weighted by molar-refractivity contribution is -0.140. The first-order valence-electron chi connectivity index (χ1n) is 7.82. The summed E-state index contributed by atoms with van der Waals surface area (Å²) >= 11 is 0. The van der Waals surface area contributed by atoms with Crippen molar-refractivity contribution in [1.82, 2.24) is 0 Å². The quantitative estimate of drug-likeness (QED) is 0.786. The molecule has 0 saturated heterocycles. The van der Waals surface area contributed by atoms with E-state index in [0.29, 0.717) is 12.8 Å². The molecule has 0 unspecified atom stereocenters. The number of esters is 1. The van der Waals surface area contributed by atoms with Crippen LogP contribution >= 0.6 is 0 Å². The van der Waals surface area contributed by atoms with Crippen LogP contribution in [0.2, 0.25) is 0 Å². The van der Waals surface area contributed by atoms with Crippen molar-refractivity contribution in [3.8, 4) is 0 Å². The topological polar surface area (TPSA) is 38.7 Å². The SMILES string of the molecule is COC(=O)CCc1ccccc1C1=CC(C(C)(C)C)=NCC1. The van der Waals surface area contributed by atoms with Gasteiger partial charge >= 0.3 is 5.97 Å². The molecule has 0 radical (unpaired) electrons. The zero-order valence-corrected chi connectivity index (χ0v) is 14.0. The second-order valence-corrected chi connectivity index (χ2v) is 6.67. The average Bonchev–Trinajstić information content (AvgIpc) is 2.52. The summed E-state index contributed by atoms with van der Waals surface area (Å²) in [6.07, 6.45) is 4.30. The first-order chi connectivity index (χ1) is 10.4. The highest BCUT2D eigenvalue weighted by Crippen LogP contribution is 2.29. The first kappa shape index (κ1) is 16.5. The number of dihydropyridines is 1. The Morgan fingerprint density at radius 2 is 2.00 bits per heavy atom. The lowest BCUT2D eigenvalue weighted by atomic mass is 9.84. The molecule has 1 aliphatic heterocycles. The number of aliphatic imine (C=N–C) groups is 1. The molecule has 0 fully saturated rings. The summed E-state index contributed by atoms with van der Waals surface area (Å²) in [5, 5.41) is 0. The van der Waals surface area contributed by atoms with Crippen LogP contribution in [0, 0.1) is 5.41 Å². The van der Waals surface area contributed by atoms with Crippen LogP contribution in [-0.2, 0) is 16.0 Å². The zero-order chi connectivity index (χ0) is 16.2. The van der Waals surface area contributed by atoms with Gasteiger partial charge in [0.1, 0.15) is 0 Å². The Labute approximate surface area is 133 Å². The van der Waals surface area contributed by atoms with Crippen LogP contribution in [0.1, 0.15) is 44.7 Å². The number of allylic oxidation sites excluding steroid dienone is 1. The molecule has 0 spiro atoms. The van der Waals surface area contributed by atoms with E-state index in [2.05, 4.69) is 50.0 Å². The minimum Gasteiger partial charge on any atom is -0.469 e. The van der Waals surface area contributed by atoms with Gasteiger partial charge in [-0.2, -0.15) is 0 Å². The van der Waals surface area contributed by atoms with E-state index in [0.717, 1.165) is 18.7 Å². The van der Waals surface area contributed by atoms with Crippen molar-refractivity contribution in [3.05, 3.63) is 41.5 Å². The number of methoxy groups -OCH3 is 1. The van der Waals surface area contributed by atoms with Crippen LogP contribution in [0.25, 0.3) is 5.57 Å². The van der Waals surface area contributed by atoms with Gasteiger partial charge in [0.15, 0.2) is 0 Å². The maximum Gasteiger partial charge on any atom is 0.305 e. The van der Waals surface area contributed by atoms with Gasteiger partial charge in [-0.25, -0.2) is 0 Å². The molecule has 1 heterocycles. The van der Waals surface area contributed by atoms with Gasteiger partial charge in [-0.3, -0.25) is 9.79 Å². The molecule has 3 heteroatoms. The van der Waals surface area contributed by atoms with E-state index in [1.807, 2.05) is 6.07 Å². The molecule has 22 heavy (non-hydrogen) atoms. The highest BCUT2D eigenvalue weighted by Gasteiger charge is 2.21. The Bertz CT molecular complexity index is 606. The fraction of sp³-hybridized carbons (Fsp3) is 0.474. The van der Waals surface area contributed by atoms with Crippen molar-refractivity contribution in [2.75, 3.05) is 13.7 Å². The Balaban J connectivity index is 2.27. The zero-order valence-electron chi connectivity index (χ0n) is 14.0. The molecule has 1 aliphatic rings. The third-order valence-corrected chi connectivity index (χ3v) is 3.93. The molecule has 0 aliphatic carbocycles. The number of hydrogen-bond donors (Lipinski definition) is 0. The standard InChI is InChI=1S/C19H25NO2/c1-19(2,3)17-13-15(11-12-20-17)16-8-6-5-7-14(16)9-10-18(21)22-4/h5-8,13H,9-12H2,1-4H3. The Kier molecular flexibility index (Phi) is 5.17. The predicted octanol–water partition coefficient (Wildman–Crippen LogP) is 4.07. The van der Waals surface area contributed by atoms with Gasteiger partial charge < -0.3 is 4.74 Å². The Morgan fingerprint density at radius 1 is 1.27 bits per heavy atom. The number of rotatable bonds is 4. The maximum atomic E-state index is 11.4. The number of carbonyl (C=O) groups excluding carboxylic acids is 1. The minimum atomic E-state index is -0.163. The number of aryl methyl sites for hydroxylation is 1. The van der Waals surface area contributed by atoms with Crippen LogP contribution in [-0.4, -0.2) is 25.3 Å². The van der Waals surface area contributed by atoms with Crippen molar-refractivity contribution in [3.63, 3.8) is 0 Å². The molecule has 0 atom stereocenters. The molecule has 118 valence electrons. The van der Waals surface area contributed by atoms with Crippen LogP contribution in [0.15, 0.2) is 35.3 Å². The van der Waals surface area contributed by atoms with Gasteiger partial charge in [0.25, 0.3) is 0 Å². The van der Waals surface area contributed by atoms with E-state index < -0.39 is 0 Å². The van der Waals surface area contributed by atoms with E-state index in [9.17, 15) is 4.79 Å². The fourth-order valence-electron chi connectivity index (χ4n) is 2.64. The summed E-state index contributed by atoms with van der Waals surface area (Å²) in [7, 11) is 1.43. The third kappa shape index (κ3) is 4.06. The van der Waals surface area contributed by atoms with Gasteiger partial charge in [-0.05, 0) is 35.6 Å². The monoisotopic (exact) mass is 299 g/mol. The fourth-order valence-corrected chi connectivity index (χ4v) is 2.64. The number of hydrogen-bond acceptors (Lipinski definition) is 3. The normalized spacial score (nSPS) is 15.1. The number of nitrogens with zero attached hydrogens (tertiary/aromatic N) is 1. The summed E-state index contributed by atoms with van der Waals surface area (Å²) in [6, 6.07) is 8.32. The van der Waals surface area contributed by atoms with Gasteiger partial charge in [0.05, 0.1) is 7.11 Å². The third-order valence-electron chi connectivity index (χ3n) is 3.93. The van der Waals surface area contributed by atoms with E-state index in [1.165, 1.54) is 23.8 Å². The second kappa shape index (κ2) is 6.91. The smallest absolute Gasteiger partial charge is 0.305 e. The molecular formula is C19H25NO2.